The molecule has 132 valence electrons. The van der Waals surface area contributed by atoms with E-state index in [4.69, 9.17) is 10.5 Å². The van der Waals surface area contributed by atoms with E-state index in [0.717, 1.165) is 18.8 Å². The standard InChI is InChI=1S/C20H35NO2/c1-7-18(21)19(22)10-15(6)16-8-9-20(23-12-13(2)3)17(11-16)14(4)5/h8-9,11,13-15,18-19,22H,7,10,12,21H2,1-6H3. The summed E-state index contributed by atoms with van der Waals surface area (Å²) in [4.78, 5) is 0. The van der Waals surface area contributed by atoms with E-state index in [1.165, 1.54) is 11.1 Å². The predicted octanol–water partition coefficient (Wildman–Crippen LogP) is 4.44. The second kappa shape index (κ2) is 9.29. The van der Waals surface area contributed by atoms with Crippen molar-refractivity contribution in [2.45, 2.75) is 78.4 Å². The summed E-state index contributed by atoms with van der Waals surface area (Å²) >= 11 is 0. The average molecular weight is 322 g/mol. The molecule has 0 fully saturated rings. The molecule has 0 aliphatic heterocycles. The Hall–Kier alpha value is -1.06. The van der Waals surface area contributed by atoms with E-state index in [0.29, 0.717) is 18.3 Å². The Balaban J connectivity index is 2.89. The molecule has 1 aromatic carbocycles. The Labute approximate surface area is 142 Å². The third-order valence-electron chi connectivity index (χ3n) is 4.36. The Morgan fingerprint density at radius 1 is 1.13 bits per heavy atom. The number of benzene rings is 1. The lowest BCUT2D eigenvalue weighted by atomic mass is 9.89. The highest BCUT2D eigenvalue weighted by molar-refractivity contribution is 5.40. The van der Waals surface area contributed by atoms with Crippen LogP contribution in [0.15, 0.2) is 18.2 Å². The highest BCUT2D eigenvalue weighted by atomic mass is 16.5. The van der Waals surface area contributed by atoms with E-state index in [9.17, 15) is 5.11 Å². The molecule has 0 spiro atoms. The largest absolute Gasteiger partial charge is 0.493 e. The topological polar surface area (TPSA) is 55.5 Å². The van der Waals surface area contributed by atoms with Gasteiger partial charge in [-0.1, -0.05) is 53.7 Å². The zero-order chi connectivity index (χ0) is 17.6. The summed E-state index contributed by atoms with van der Waals surface area (Å²) in [6, 6.07) is 6.29. The molecule has 0 bridgehead atoms. The van der Waals surface area contributed by atoms with Crippen LogP contribution in [-0.4, -0.2) is 23.9 Å². The van der Waals surface area contributed by atoms with Crippen molar-refractivity contribution in [2.75, 3.05) is 6.61 Å². The van der Waals surface area contributed by atoms with Gasteiger partial charge in [-0.15, -0.1) is 0 Å². The van der Waals surface area contributed by atoms with Gasteiger partial charge in [0.25, 0.3) is 0 Å². The maximum absolute atomic E-state index is 10.2. The van der Waals surface area contributed by atoms with Crippen LogP contribution < -0.4 is 10.5 Å². The van der Waals surface area contributed by atoms with E-state index >= 15 is 0 Å². The average Bonchev–Trinajstić information content (AvgIpc) is 2.51. The van der Waals surface area contributed by atoms with Gasteiger partial charge in [-0.3, -0.25) is 0 Å². The first-order valence-electron chi connectivity index (χ1n) is 8.96. The molecule has 3 unspecified atom stereocenters. The summed E-state index contributed by atoms with van der Waals surface area (Å²) in [6.45, 7) is 13.6. The number of ether oxygens (including phenoxy) is 1. The number of hydrogen-bond acceptors (Lipinski definition) is 3. The van der Waals surface area contributed by atoms with E-state index in [-0.39, 0.29) is 12.0 Å². The van der Waals surface area contributed by atoms with E-state index in [1.807, 2.05) is 6.92 Å². The molecule has 0 amide bonds. The van der Waals surface area contributed by atoms with Crippen LogP contribution in [0.4, 0.5) is 0 Å². The van der Waals surface area contributed by atoms with Crippen LogP contribution in [0.2, 0.25) is 0 Å². The maximum atomic E-state index is 10.2. The van der Waals surface area contributed by atoms with Crippen molar-refractivity contribution in [3.8, 4) is 5.75 Å². The van der Waals surface area contributed by atoms with Gasteiger partial charge in [0.05, 0.1) is 12.7 Å². The number of hydrogen-bond donors (Lipinski definition) is 2. The van der Waals surface area contributed by atoms with Gasteiger partial charge in [0.15, 0.2) is 0 Å². The number of nitrogens with two attached hydrogens (primary N) is 1. The smallest absolute Gasteiger partial charge is 0.122 e. The second-order valence-corrected chi connectivity index (χ2v) is 7.43. The van der Waals surface area contributed by atoms with Gasteiger partial charge >= 0.3 is 0 Å². The fourth-order valence-electron chi connectivity index (χ4n) is 2.66. The fraction of sp³-hybridized carbons (Fsp3) is 0.700. The van der Waals surface area contributed by atoms with Gasteiger partial charge in [0, 0.05) is 6.04 Å². The minimum atomic E-state index is -0.450. The molecule has 0 aliphatic rings. The molecule has 3 nitrogen and oxygen atoms in total. The van der Waals surface area contributed by atoms with Gasteiger partial charge in [-0.2, -0.15) is 0 Å². The molecule has 0 saturated heterocycles. The molecule has 0 aliphatic carbocycles. The zero-order valence-corrected chi connectivity index (χ0v) is 15.7. The summed E-state index contributed by atoms with van der Waals surface area (Å²) in [5.41, 5.74) is 8.43. The predicted molar refractivity (Wildman–Crippen MR) is 98.2 cm³/mol. The molecular weight excluding hydrogens is 286 g/mol. The third kappa shape index (κ3) is 6.15. The lowest BCUT2D eigenvalue weighted by molar-refractivity contribution is 0.126. The summed E-state index contributed by atoms with van der Waals surface area (Å²) in [5.74, 6) is 2.18. The highest BCUT2D eigenvalue weighted by Crippen LogP contribution is 2.32. The van der Waals surface area contributed by atoms with Crippen LogP contribution >= 0.6 is 0 Å². The summed E-state index contributed by atoms with van der Waals surface area (Å²) < 4.78 is 5.96. The zero-order valence-electron chi connectivity index (χ0n) is 15.7. The van der Waals surface area contributed by atoms with Gasteiger partial charge < -0.3 is 15.6 Å². The molecule has 3 N–H and O–H groups in total. The lowest BCUT2D eigenvalue weighted by Gasteiger charge is -2.23. The second-order valence-electron chi connectivity index (χ2n) is 7.43. The van der Waals surface area contributed by atoms with Crippen molar-refractivity contribution in [2.24, 2.45) is 11.7 Å². The van der Waals surface area contributed by atoms with Crippen molar-refractivity contribution >= 4 is 0 Å². The van der Waals surface area contributed by atoms with Crippen molar-refractivity contribution in [1.82, 2.24) is 0 Å². The van der Waals surface area contributed by atoms with E-state index in [2.05, 4.69) is 52.8 Å². The number of aliphatic hydroxyl groups is 1. The van der Waals surface area contributed by atoms with Crippen LogP contribution in [-0.2, 0) is 0 Å². The molecule has 3 heteroatoms. The normalized spacial score (nSPS) is 15.7. The molecule has 0 radical (unpaired) electrons. The van der Waals surface area contributed by atoms with E-state index < -0.39 is 6.10 Å². The molecular formula is C20H35NO2. The first kappa shape index (κ1) is 20.0. The molecule has 23 heavy (non-hydrogen) atoms. The van der Waals surface area contributed by atoms with Gasteiger partial charge in [-0.05, 0) is 47.8 Å². The summed E-state index contributed by atoms with van der Waals surface area (Å²) in [6.07, 6.45) is 1.04. The Bertz CT molecular complexity index is 471. The Morgan fingerprint density at radius 3 is 2.30 bits per heavy atom. The van der Waals surface area contributed by atoms with Crippen molar-refractivity contribution in [3.05, 3.63) is 29.3 Å². The molecule has 0 saturated carbocycles. The van der Waals surface area contributed by atoms with Crippen molar-refractivity contribution < 1.29 is 9.84 Å². The molecule has 1 aromatic rings. The van der Waals surface area contributed by atoms with Crippen LogP contribution in [0.5, 0.6) is 5.75 Å². The first-order valence-corrected chi connectivity index (χ1v) is 8.96. The molecule has 1 rings (SSSR count). The highest BCUT2D eigenvalue weighted by Gasteiger charge is 2.19. The third-order valence-corrected chi connectivity index (χ3v) is 4.36. The monoisotopic (exact) mass is 321 g/mol. The molecule has 0 aromatic heterocycles. The van der Waals surface area contributed by atoms with Crippen LogP contribution in [0, 0.1) is 5.92 Å². The minimum Gasteiger partial charge on any atom is -0.493 e. The Kier molecular flexibility index (Phi) is 8.07. The van der Waals surface area contributed by atoms with Crippen LogP contribution in [0.25, 0.3) is 0 Å². The van der Waals surface area contributed by atoms with Crippen LogP contribution in [0.1, 0.15) is 77.3 Å². The SMILES string of the molecule is CCC(N)C(O)CC(C)c1ccc(OCC(C)C)c(C(C)C)c1. The first-order chi connectivity index (χ1) is 10.8. The van der Waals surface area contributed by atoms with Gasteiger partial charge in [0.1, 0.15) is 5.75 Å². The van der Waals surface area contributed by atoms with Crippen molar-refractivity contribution in [1.29, 1.82) is 0 Å². The minimum absolute atomic E-state index is 0.143. The van der Waals surface area contributed by atoms with Crippen molar-refractivity contribution in [3.63, 3.8) is 0 Å². The maximum Gasteiger partial charge on any atom is 0.122 e. The summed E-state index contributed by atoms with van der Waals surface area (Å²) in [5, 5.41) is 10.2. The number of rotatable bonds is 9. The molecule has 0 heterocycles. The molecule has 3 atom stereocenters. The Morgan fingerprint density at radius 2 is 1.78 bits per heavy atom. The number of aliphatic hydroxyl groups excluding tert-OH is 1. The fourth-order valence-corrected chi connectivity index (χ4v) is 2.66. The van der Waals surface area contributed by atoms with Gasteiger partial charge in [-0.25, -0.2) is 0 Å². The van der Waals surface area contributed by atoms with Crippen LogP contribution in [0.3, 0.4) is 0 Å². The quantitative estimate of drug-likeness (QED) is 0.707. The van der Waals surface area contributed by atoms with E-state index in [1.54, 1.807) is 0 Å². The summed E-state index contributed by atoms with van der Waals surface area (Å²) in [7, 11) is 0. The lowest BCUT2D eigenvalue weighted by Crippen LogP contribution is -2.34. The van der Waals surface area contributed by atoms with Gasteiger partial charge in [0.2, 0.25) is 0 Å².